The van der Waals surface area contributed by atoms with Gasteiger partial charge in [0, 0.05) is 49.3 Å². The molecular weight excluding hydrogens is 639 g/mol. The van der Waals surface area contributed by atoms with E-state index in [1.165, 1.54) is 0 Å². The Balaban J connectivity index is 1.11. The van der Waals surface area contributed by atoms with Crippen LogP contribution in [-0.2, 0) is 0 Å². The van der Waals surface area contributed by atoms with Crippen LogP contribution in [0.3, 0.4) is 0 Å². The normalized spacial score (nSPS) is 11.8. The van der Waals surface area contributed by atoms with Gasteiger partial charge in [0.1, 0.15) is 27.9 Å². The van der Waals surface area contributed by atoms with Crippen LogP contribution in [0.1, 0.15) is 0 Å². The summed E-state index contributed by atoms with van der Waals surface area (Å²) in [4.78, 5) is 2.26. The molecule has 0 atom stereocenters. The molecule has 0 saturated heterocycles. The predicted octanol–water partition coefficient (Wildman–Crippen LogP) is 14.2. The van der Waals surface area contributed by atoms with Gasteiger partial charge in [-0.1, -0.05) is 109 Å². The van der Waals surface area contributed by atoms with E-state index >= 15 is 0 Å². The van der Waals surface area contributed by atoms with E-state index in [1.54, 1.807) is 0 Å². The van der Waals surface area contributed by atoms with E-state index in [0.29, 0.717) is 0 Å². The van der Waals surface area contributed by atoms with Crippen molar-refractivity contribution < 1.29 is 13.3 Å². The van der Waals surface area contributed by atoms with Crippen LogP contribution in [0.5, 0.6) is 0 Å². The van der Waals surface area contributed by atoms with Gasteiger partial charge in [0.15, 0.2) is 5.58 Å². The summed E-state index contributed by atoms with van der Waals surface area (Å²) in [5.74, 6) is 0. The van der Waals surface area contributed by atoms with E-state index in [4.69, 9.17) is 13.3 Å². The minimum atomic E-state index is 0.839. The number of furan rings is 3. The minimum Gasteiger partial charge on any atom is -0.456 e. The number of para-hydroxylation sites is 5. The number of anilines is 3. The van der Waals surface area contributed by atoms with Gasteiger partial charge in [0.25, 0.3) is 0 Å². The summed E-state index contributed by atoms with van der Waals surface area (Å²) in [6, 6.07) is 61.2. The number of hydrogen-bond acceptors (Lipinski definition) is 4. The quantitative estimate of drug-likeness (QED) is 0.183. The van der Waals surface area contributed by atoms with Crippen LogP contribution in [0, 0.1) is 0 Å². The largest absolute Gasteiger partial charge is 0.456 e. The van der Waals surface area contributed by atoms with Crippen molar-refractivity contribution in [3.8, 4) is 22.3 Å². The molecular formula is C48H29NO3. The van der Waals surface area contributed by atoms with E-state index in [0.717, 1.165) is 105 Å². The molecule has 0 spiro atoms. The van der Waals surface area contributed by atoms with Crippen molar-refractivity contribution in [2.75, 3.05) is 4.90 Å². The van der Waals surface area contributed by atoms with E-state index in [-0.39, 0.29) is 0 Å². The highest BCUT2D eigenvalue weighted by atomic mass is 16.3. The highest BCUT2D eigenvalue weighted by Gasteiger charge is 2.22. The van der Waals surface area contributed by atoms with Crippen LogP contribution in [0.4, 0.5) is 17.1 Å². The fraction of sp³-hybridized carbons (Fsp3) is 0. The molecule has 0 aliphatic rings. The van der Waals surface area contributed by atoms with Crippen LogP contribution in [0.25, 0.3) is 88.1 Å². The van der Waals surface area contributed by atoms with Crippen LogP contribution in [0.15, 0.2) is 189 Å². The minimum absolute atomic E-state index is 0.839. The molecule has 11 aromatic rings. The first kappa shape index (κ1) is 28.8. The van der Waals surface area contributed by atoms with Crippen LogP contribution in [-0.4, -0.2) is 0 Å². The zero-order valence-electron chi connectivity index (χ0n) is 27.9. The van der Waals surface area contributed by atoms with Gasteiger partial charge >= 0.3 is 0 Å². The third kappa shape index (κ3) is 4.34. The van der Waals surface area contributed by atoms with Crippen molar-refractivity contribution in [3.63, 3.8) is 0 Å². The average Bonchev–Trinajstić information content (AvgIpc) is 3.90. The molecule has 0 radical (unpaired) electrons. The Labute approximate surface area is 298 Å². The van der Waals surface area contributed by atoms with Crippen molar-refractivity contribution >= 4 is 82.9 Å². The topological polar surface area (TPSA) is 42.7 Å². The fourth-order valence-corrected chi connectivity index (χ4v) is 7.91. The molecule has 52 heavy (non-hydrogen) atoms. The summed E-state index contributed by atoms with van der Waals surface area (Å²) < 4.78 is 19.6. The molecule has 0 saturated carbocycles. The first-order chi connectivity index (χ1) is 25.8. The molecule has 0 aliphatic heterocycles. The molecule has 3 heterocycles. The Morgan fingerprint density at radius 2 is 0.865 bits per heavy atom. The molecule has 0 amide bonds. The molecule has 8 aromatic carbocycles. The summed E-state index contributed by atoms with van der Waals surface area (Å²) in [6.45, 7) is 0. The van der Waals surface area contributed by atoms with Gasteiger partial charge in [-0.05, 0) is 83.4 Å². The van der Waals surface area contributed by atoms with E-state index in [2.05, 4.69) is 157 Å². The summed E-state index contributed by atoms with van der Waals surface area (Å²) in [6.07, 6.45) is 0. The number of nitrogens with zero attached hydrogens (tertiary/aromatic N) is 1. The van der Waals surface area contributed by atoms with Gasteiger partial charge in [-0.3, -0.25) is 0 Å². The lowest BCUT2D eigenvalue weighted by molar-refractivity contribution is 0.668. The van der Waals surface area contributed by atoms with Gasteiger partial charge in [-0.15, -0.1) is 0 Å². The van der Waals surface area contributed by atoms with E-state index in [9.17, 15) is 0 Å². The smallest absolute Gasteiger partial charge is 0.159 e. The lowest BCUT2D eigenvalue weighted by Crippen LogP contribution is -2.09. The van der Waals surface area contributed by atoms with Crippen LogP contribution in [0.2, 0.25) is 0 Å². The fourth-order valence-electron chi connectivity index (χ4n) is 7.91. The second kappa shape index (κ2) is 11.2. The van der Waals surface area contributed by atoms with Crippen LogP contribution < -0.4 is 4.90 Å². The molecule has 0 bridgehead atoms. The highest BCUT2D eigenvalue weighted by Crippen LogP contribution is 2.46. The summed E-state index contributed by atoms with van der Waals surface area (Å²) in [7, 11) is 0. The molecule has 4 heteroatoms. The summed E-state index contributed by atoms with van der Waals surface area (Å²) in [5.41, 5.74) is 12.6. The maximum Gasteiger partial charge on any atom is 0.159 e. The number of rotatable bonds is 5. The zero-order valence-corrected chi connectivity index (χ0v) is 27.9. The Morgan fingerprint density at radius 1 is 0.327 bits per heavy atom. The third-order valence-electron chi connectivity index (χ3n) is 10.3. The predicted molar refractivity (Wildman–Crippen MR) is 214 cm³/mol. The van der Waals surface area contributed by atoms with Crippen molar-refractivity contribution in [2.24, 2.45) is 0 Å². The summed E-state index contributed by atoms with van der Waals surface area (Å²) in [5, 5.41) is 6.50. The molecule has 4 nitrogen and oxygen atoms in total. The maximum absolute atomic E-state index is 7.01. The van der Waals surface area contributed by atoms with Gasteiger partial charge in [0.05, 0.1) is 5.69 Å². The lowest BCUT2D eigenvalue weighted by Gasteiger charge is -2.25. The van der Waals surface area contributed by atoms with E-state index in [1.807, 2.05) is 24.3 Å². The Hall–Kier alpha value is -7.04. The van der Waals surface area contributed by atoms with Crippen molar-refractivity contribution in [1.29, 1.82) is 0 Å². The first-order valence-corrected chi connectivity index (χ1v) is 17.5. The molecule has 244 valence electrons. The SMILES string of the molecule is c1ccc(N(c2ccccc2)c2cccc3c2oc2c(-c4cccc5oc6ccc(-c7ccc8oc9ccccc9c8c7)cc6c45)cccc23)cc1. The molecule has 11 rings (SSSR count). The van der Waals surface area contributed by atoms with Gasteiger partial charge in [0.2, 0.25) is 0 Å². The number of benzene rings is 8. The van der Waals surface area contributed by atoms with Gasteiger partial charge < -0.3 is 18.2 Å². The molecule has 0 aliphatic carbocycles. The Kier molecular flexibility index (Phi) is 6.22. The van der Waals surface area contributed by atoms with Gasteiger partial charge in [-0.25, -0.2) is 0 Å². The van der Waals surface area contributed by atoms with Crippen molar-refractivity contribution in [2.45, 2.75) is 0 Å². The number of fused-ring (bicyclic) bond motifs is 9. The second-order valence-corrected chi connectivity index (χ2v) is 13.2. The third-order valence-corrected chi connectivity index (χ3v) is 10.3. The highest BCUT2D eigenvalue weighted by molar-refractivity contribution is 6.19. The molecule has 3 aromatic heterocycles. The molecule has 0 unspecified atom stereocenters. The van der Waals surface area contributed by atoms with Crippen LogP contribution >= 0.6 is 0 Å². The first-order valence-electron chi connectivity index (χ1n) is 17.5. The lowest BCUT2D eigenvalue weighted by atomic mass is 9.96. The average molecular weight is 668 g/mol. The second-order valence-electron chi connectivity index (χ2n) is 13.2. The number of hydrogen-bond donors (Lipinski definition) is 0. The monoisotopic (exact) mass is 667 g/mol. The summed E-state index contributed by atoms with van der Waals surface area (Å²) >= 11 is 0. The zero-order chi connectivity index (χ0) is 34.2. The van der Waals surface area contributed by atoms with Crippen molar-refractivity contribution in [1.82, 2.24) is 0 Å². The standard InChI is InChI=1S/C48H29NO3/c1-3-12-32(13-4-1)49(33-14-5-2-6-15-33)41-21-10-20-38-37-19-9-18-36(47(37)52-48(38)41)35-17-11-23-45-46(35)40-29-31(25-27-44(40)51-45)30-24-26-43-39(28-30)34-16-7-8-22-42(34)50-43/h1-29H. The molecule has 0 fully saturated rings. The molecule has 0 N–H and O–H groups in total. The van der Waals surface area contributed by atoms with E-state index < -0.39 is 0 Å². The Morgan fingerprint density at radius 3 is 1.63 bits per heavy atom. The van der Waals surface area contributed by atoms with Gasteiger partial charge in [-0.2, -0.15) is 0 Å². The van der Waals surface area contributed by atoms with Crippen molar-refractivity contribution in [3.05, 3.63) is 176 Å². The Bertz CT molecular complexity index is 3090. The maximum atomic E-state index is 7.01.